The van der Waals surface area contributed by atoms with Gasteiger partial charge >= 0.3 is 5.97 Å². The first-order chi connectivity index (χ1) is 5.22. The number of thiophene rings is 1. The van der Waals surface area contributed by atoms with Crippen LogP contribution in [0.5, 0.6) is 0 Å². The number of hydrogen-bond donors (Lipinski definition) is 1. The van der Waals surface area contributed by atoms with Crippen molar-refractivity contribution < 1.29 is 9.90 Å². The maximum absolute atomic E-state index is 10.3. The molecule has 0 aliphatic heterocycles. The second-order valence-corrected chi connectivity index (χ2v) is 3.54. The van der Waals surface area contributed by atoms with Gasteiger partial charge in [-0.05, 0) is 18.6 Å². The number of aryl methyl sites for hydroxylation is 1. The molecule has 0 amide bonds. The minimum absolute atomic E-state index is 0.157. The van der Waals surface area contributed by atoms with Gasteiger partial charge in [0, 0.05) is 9.75 Å². The smallest absolute Gasteiger partial charge is 0.308 e. The third kappa shape index (κ3) is 2.35. The maximum Gasteiger partial charge on any atom is 0.308 e. The summed E-state index contributed by atoms with van der Waals surface area (Å²) < 4.78 is 0. The monoisotopic (exact) mass is 170 g/mol. The molecular formula is C8H10O2S. The molecule has 1 aromatic rings. The molecule has 1 N–H and O–H groups in total. The summed E-state index contributed by atoms with van der Waals surface area (Å²) >= 11 is 1.58. The third-order valence-electron chi connectivity index (χ3n) is 1.39. The van der Waals surface area contributed by atoms with E-state index in [4.69, 9.17) is 5.11 Å². The summed E-state index contributed by atoms with van der Waals surface area (Å²) in [5.41, 5.74) is 0. The second-order valence-electron chi connectivity index (χ2n) is 2.29. The molecule has 0 atom stereocenters. The van der Waals surface area contributed by atoms with Crippen molar-refractivity contribution in [1.82, 2.24) is 0 Å². The van der Waals surface area contributed by atoms with Crippen LogP contribution in [-0.2, 0) is 17.6 Å². The Morgan fingerprint density at radius 2 is 2.18 bits per heavy atom. The van der Waals surface area contributed by atoms with Gasteiger partial charge in [-0.15, -0.1) is 11.3 Å². The molecule has 0 radical (unpaired) electrons. The number of carboxylic acids is 1. The number of carboxylic acid groups (broad SMARTS) is 1. The van der Waals surface area contributed by atoms with Crippen molar-refractivity contribution in [2.45, 2.75) is 19.8 Å². The Labute approximate surface area is 69.5 Å². The van der Waals surface area contributed by atoms with Gasteiger partial charge in [0.1, 0.15) is 0 Å². The van der Waals surface area contributed by atoms with Gasteiger partial charge in [-0.25, -0.2) is 0 Å². The van der Waals surface area contributed by atoms with E-state index in [1.165, 1.54) is 4.88 Å². The Bertz CT molecular complexity index is 252. The van der Waals surface area contributed by atoms with Crippen LogP contribution in [0.4, 0.5) is 0 Å². The molecule has 0 aliphatic carbocycles. The zero-order valence-corrected chi connectivity index (χ0v) is 7.15. The lowest BCUT2D eigenvalue weighted by Gasteiger charge is -1.87. The molecule has 11 heavy (non-hydrogen) atoms. The molecule has 60 valence electrons. The Morgan fingerprint density at radius 1 is 1.55 bits per heavy atom. The topological polar surface area (TPSA) is 37.3 Å². The van der Waals surface area contributed by atoms with Crippen molar-refractivity contribution in [3.8, 4) is 0 Å². The molecule has 0 aliphatic rings. The molecule has 0 fully saturated rings. The second kappa shape index (κ2) is 3.53. The Balaban J connectivity index is 2.65. The standard InChI is InChI=1S/C8H10O2S/c1-2-6-3-4-7(11-6)5-8(9)10/h3-4H,2,5H2,1H3,(H,9,10). The fourth-order valence-electron chi connectivity index (χ4n) is 0.856. The summed E-state index contributed by atoms with van der Waals surface area (Å²) in [6, 6.07) is 3.88. The van der Waals surface area contributed by atoms with Crippen LogP contribution in [0.15, 0.2) is 12.1 Å². The zero-order chi connectivity index (χ0) is 8.27. The van der Waals surface area contributed by atoms with E-state index in [2.05, 4.69) is 6.92 Å². The van der Waals surface area contributed by atoms with Crippen LogP contribution < -0.4 is 0 Å². The van der Waals surface area contributed by atoms with Crippen LogP contribution in [0.3, 0.4) is 0 Å². The van der Waals surface area contributed by atoms with Crippen molar-refractivity contribution in [3.05, 3.63) is 21.9 Å². The van der Waals surface area contributed by atoms with Crippen molar-refractivity contribution in [3.63, 3.8) is 0 Å². The van der Waals surface area contributed by atoms with E-state index in [-0.39, 0.29) is 6.42 Å². The van der Waals surface area contributed by atoms with Crippen LogP contribution in [0, 0.1) is 0 Å². The SMILES string of the molecule is CCc1ccc(CC(=O)O)s1. The van der Waals surface area contributed by atoms with Crippen LogP contribution in [0.25, 0.3) is 0 Å². The molecule has 1 heterocycles. The number of hydrogen-bond acceptors (Lipinski definition) is 2. The number of rotatable bonds is 3. The molecule has 0 saturated carbocycles. The van der Waals surface area contributed by atoms with Crippen molar-refractivity contribution in [1.29, 1.82) is 0 Å². The minimum atomic E-state index is -0.755. The Kier molecular flexibility index (Phi) is 2.65. The summed E-state index contributed by atoms with van der Waals surface area (Å²) in [7, 11) is 0. The molecule has 0 spiro atoms. The average Bonchev–Trinajstić information content (AvgIpc) is 2.34. The average molecular weight is 170 g/mol. The van der Waals surface area contributed by atoms with Gasteiger partial charge < -0.3 is 5.11 Å². The lowest BCUT2D eigenvalue weighted by molar-refractivity contribution is -0.136. The first-order valence-corrected chi connectivity index (χ1v) is 4.33. The van der Waals surface area contributed by atoms with E-state index in [0.717, 1.165) is 11.3 Å². The van der Waals surface area contributed by atoms with Gasteiger partial charge in [-0.3, -0.25) is 4.79 Å². The van der Waals surface area contributed by atoms with E-state index in [9.17, 15) is 4.79 Å². The zero-order valence-electron chi connectivity index (χ0n) is 6.33. The molecule has 0 saturated heterocycles. The van der Waals surface area contributed by atoms with Gasteiger partial charge in [0.25, 0.3) is 0 Å². The van der Waals surface area contributed by atoms with Crippen LogP contribution in [-0.4, -0.2) is 11.1 Å². The molecule has 0 unspecified atom stereocenters. The molecule has 1 rings (SSSR count). The highest BCUT2D eigenvalue weighted by Crippen LogP contribution is 2.16. The van der Waals surface area contributed by atoms with Gasteiger partial charge in [-0.1, -0.05) is 6.92 Å². The lowest BCUT2D eigenvalue weighted by Crippen LogP contribution is -1.96. The third-order valence-corrected chi connectivity index (χ3v) is 2.62. The van der Waals surface area contributed by atoms with Gasteiger partial charge in [-0.2, -0.15) is 0 Å². The highest BCUT2D eigenvalue weighted by Gasteiger charge is 2.02. The molecule has 0 aromatic carbocycles. The van der Waals surface area contributed by atoms with Gasteiger partial charge in [0.2, 0.25) is 0 Å². The van der Waals surface area contributed by atoms with Crippen LogP contribution in [0.2, 0.25) is 0 Å². The predicted octanol–water partition coefficient (Wildman–Crippen LogP) is 1.94. The van der Waals surface area contributed by atoms with E-state index < -0.39 is 5.97 Å². The highest BCUT2D eigenvalue weighted by molar-refractivity contribution is 7.12. The molecule has 1 aromatic heterocycles. The van der Waals surface area contributed by atoms with E-state index in [1.54, 1.807) is 11.3 Å². The summed E-state index contributed by atoms with van der Waals surface area (Å²) in [5, 5.41) is 8.46. The first-order valence-electron chi connectivity index (χ1n) is 3.51. The van der Waals surface area contributed by atoms with Gasteiger partial charge in [0.15, 0.2) is 0 Å². The van der Waals surface area contributed by atoms with Crippen LogP contribution in [0.1, 0.15) is 16.7 Å². The van der Waals surface area contributed by atoms with E-state index in [0.29, 0.717) is 0 Å². The lowest BCUT2D eigenvalue weighted by atomic mass is 10.3. The van der Waals surface area contributed by atoms with Crippen LogP contribution >= 0.6 is 11.3 Å². The normalized spacial score (nSPS) is 9.91. The number of carbonyl (C=O) groups is 1. The van der Waals surface area contributed by atoms with Crippen molar-refractivity contribution in [2.75, 3.05) is 0 Å². The summed E-state index contributed by atoms with van der Waals surface area (Å²) in [6.45, 7) is 2.07. The molecular weight excluding hydrogens is 160 g/mol. The predicted molar refractivity (Wildman–Crippen MR) is 45.0 cm³/mol. The minimum Gasteiger partial charge on any atom is -0.481 e. The van der Waals surface area contributed by atoms with Gasteiger partial charge in [0.05, 0.1) is 6.42 Å². The summed E-state index contributed by atoms with van der Waals surface area (Å²) in [4.78, 5) is 12.5. The van der Waals surface area contributed by atoms with E-state index in [1.807, 2.05) is 12.1 Å². The largest absolute Gasteiger partial charge is 0.481 e. The summed E-state index contributed by atoms with van der Waals surface area (Å²) in [6.07, 6.45) is 1.15. The quantitative estimate of drug-likeness (QED) is 0.752. The molecule has 2 nitrogen and oxygen atoms in total. The van der Waals surface area contributed by atoms with E-state index >= 15 is 0 Å². The highest BCUT2D eigenvalue weighted by atomic mass is 32.1. The first kappa shape index (κ1) is 8.27. The molecule has 3 heteroatoms. The maximum atomic E-state index is 10.3. The Hall–Kier alpha value is -0.830. The van der Waals surface area contributed by atoms with Crippen molar-refractivity contribution in [2.24, 2.45) is 0 Å². The van der Waals surface area contributed by atoms with Crippen molar-refractivity contribution >= 4 is 17.3 Å². The number of aliphatic carboxylic acids is 1. The fourth-order valence-corrected chi connectivity index (χ4v) is 1.81. The fraction of sp³-hybridized carbons (Fsp3) is 0.375. The Morgan fingerprint density at radius 3 is 2.64 bits per heavy atom. The molecule has 0 bridgehead atoms. The summed E-state index contributed by atoms with van der Waals surface area (Å²) in [5.74, 6) is -0.755.